The van der Waals surface area contributed by atoms with Gasteiger partial charge in [-0.25, -0.2) is 0 Å². The highest BCUT2D eigenvalue weighted by Gasteiger charge is 2.16. The summed E-state index contributed by atoms with van der Waals surface area (Å²) in [4.78, 5) is 17.6. The molecule has 2 fully saturated rings. The lowest BCUT2D eigenvalue weighted by atomic mass is 10.1. The molecular formula is C26H36N4O. The van der Waals surface area contributed by atoms with Crippen molar-refractivity contribution in [1.29, 1.82) is 0 Å². The predicted octanol–water partition coefficient (Wildman–Crippen LogP) is 4.39. The van der Waals surface area contributed by atoms with E-state index >= 15 is 0 Å². The molecule has 0 aromatic heterocycles. The molecule has 2 heterocycles. The number of carbonyl (C=O) groups is 1. The number of anilines is 2. The summed E-state index contributed by atoms with van der Waals surface area (Å²) < 4.78 is 0. The average Bonchev–Trinajstić information content (AvgIpc) is 3.32. The quantitative estimate of drug-likeness (QED) is 0.665. The molecular weight excluding hydrogens is 384 g/mol. The molecule has 4 rings (SSSR count). The number of benzene rings is 2. The van der Waals surface area contributed by atoms with Gasteiger partial charge in [0.2, 0.25) is 5.91 Å². The molecule has 0 saturated carbocycles. The average molecular weight is 421 g/mol. The Morgan fingerprint density at radius 1 is 0.871 bits per heavy atom. The van der Waals surface area contributed by atoms with Crippen molar-refractivity contribution in [2.45, 2.75) is 58.2 Å². The summed E-state index contributed by atoms with van der Waals surface area (Å²) >= 11 is 0. The molecule has 1 atom stereocenters. The van der Waals surface area contributed by atoms with E-state index in [4.69, 9.17) is 0 Å². The van der Waals surface area contributed by atoms with E-state index in [-0.39, 0.29) is 11.9 Å². The summed E-state index contributed by atoms with van der Waals surface area (Å²) in [7, 11) is 0. The van der Waals surface area contributed by atoms with Crippen molar-refractivity contribution in [2.75, 3.05) is 36.4 Å². The van der Waals surface area contributed by atoms with Gasteiger partial charge in [-0.3, -0.25) is 9.69 Å². The van der Waals surface area contributed by atoms with E-state index in [2.05, 4.69) is 56.8 Å². The van der Waals surface area contributed by atoms with E-state index in [9.17, 15) is 4.79 Å². The number of carbonyl (C=O) groups excluding carboxylic acids is 1. The van der Waals surface area contributed by atoms with Gasteiger partial charge in [-0.05, 0) is 87.5 Å². The Morgan fingerprint density at radius 3 is 2.23 bits per heavy atom. The van der Waals surface area contributed by atoms with Crippen molar-refractivity contribution in [3.8, 4) is 0 Å². The van der Waals surface area contributed by atoms with Crippen molar-refractivity contribution in [3.63, 3.8) is 0 Å². The molecule has 2 aliphatic heterocycles. The Hall–Kier alpha value is -2.37. The van der Waals surface area contributed by atoms with Crippen LogP contribution in [0, 0.1) is 0 Å². The van der Waals surface area contributed by atoms with Gasteiger partial charge in [0.05, 0.1) is 6.04 Å². The van der Waals surface area contributed by atoms with Crippen LogP contribution in [-0.2, 0) is 17.9 Å². The fourth-order valence-corrected chi connectivity index (χ4v) is 4.58. The van der Waals surface area contributed by atoms with Crippen LogP contribution in [0.5, 0.6) is 0 Å². The lowest BCUT2D eigenvalue weighted by molar-refractivity contribution is -0.117. The predicted molar refractivity (Wildman–Crippen MR) is 128 cm³/mol. The number of nitrogens with one attached hydrogen (secondary N) is 2. The maximum absolute atomic E-state index is 12.7. The maximum atomic E-state index is 12.7. The molecule has 2 N–H and O–H groups in total. The topological polar surface area (TPSA) is 47.6 Å². The summed E-state index contributed by atoms with van der Waals surface area (Å²) in [6.45, 7) is 8.28. The van der Waals surface area contributed by atoms with Gasteiger partial charge >= 0.3 is 0 Å². The second-order valence-electron chi connectivity index (χ2n) is 8.94. The highest BCUT2D eigenvalue weighted by Crippen LogP contribution is 2.22. The second-order valence-corrected chi connectivity index (χ2v) is 8.94. The third-order valence-electron chi connectivity index (χ3n) is 6.56. The van der Waals surface area contributed by atoms with Crippen molar-refractivity contribution in [3.05, 3.63) is 59.7 Å². The first kappa shape index (κ1) is 21.8. The van der Waals surface area contributed by atoms with Gasteiger partial charge in [-0.2, -0.15) is 0 Å². The zero-order valence-electron chi connectivity index (χ0n) is 18.8. The lowest BCUT2D eigenvalue weighted by Gasteiger charge is -2.28. The van der Waals surface area contributed by atoms with E-state index < -0.39 is 0 Å². The van der Waals surface area contributed by atoms with E-state index in [1.54, 1.807) is 0 Å². The largest absolute Gasteiger partial charge is 0.372 e. The van der Waals surface area contributed by atoms with Crippen LogP contribution in [0.4, 0.5) is 11.4 Å². The van der Waals surface area contributed by atoms with E-state index in [0.717, 1.165) is 25.3 Å². The van der Waals surface area contributed by atoms with Crippen molar-refractivity contribution >= 4 is 17.3 Å². The zero-order chi connectivity index (χ0) is 21.5. The molecule has 2 saturated heterocycles. The van der Waals surface area contributed by atoms with Crippen molar-refractivity contribution in [1.82, 2.24) is 10.2 Å². The number of hydrogen-bond acceptors (Lipinski definition) is 4. The molecule has 2 aliphatic rings. The third kappa shape index (κ3) is 6.08. The van der Waals surface area contributed by atoms with Crippen LogP contribution >= 0.6 is 0 Å². The first-order valence-electron chi connectivity index (χ1n) is 11.9. The van der Waals surface area contributed by atoms with Crippen LogP contribution in [0.2, 0.25) is 0 Å². The first-order valence-corrected chi connectivity index (χ1v) is 11.9. The molecule has 0 unspecified atom stereocenters. The Morgan fingerprint density at radius 2 is 1.52 bits per heavy atom. The number of amides is 1. The molecule has 2 aromatic rings. The Balaban J connectivity index is 1.28. The number of likely N-dealkylation sites (tertiary alicyclic amines) is 1. The van der Waals surface area contributed by atoms with Crippen LogP contribution in [0.1, 0.15) is 50.2 Å². The first-order chi connectivity index (χ1) is 15.2. The summed E-state index contributed by atoms with van der Waals surface area (Å²) in [5.74, 6) is 0.00254. The van der Waals surface area contributed by atoms with Gasteiger partial charge in [0.15, 0.2) is 0 Å². The van der Waals surface area contributed by atoms with Gasteiger partial charge in [-0.1, -0.05) is 24.3 Å². The summed E-state index contributed by atoms with van der Waals surface area (Å²) in [6.07, 6.45) is 6.47. The minimum atomic E-state index is -0.262. The number of piperidine rings is 1. The molecule has 5 nitrogen and oxygen atoms in total. The Bertz CT molecular complexity index is 839. The SMILES string of the molecule is C[C@H](NCc1ccccc1CN1CCCC1)C(=O)Nc1ccc(N2CCCCC2)cc1. The standard InChI is InChI=1S/C26H36N4O/c1-21(27-19-22-9-3-4-10-23(22)20-29-15-7-8-16-29)26(31)28-24-11-13-25(14-12-24)30-17-5-2-6-18-30/h3-4,9-14,21,27H,2,5-8,15-20H2,1H3,(H,28,31)/t21-/m0/s1. The van der Waals surface area contributed by atoms with Gasteiger partial charge < -0.3 is 15.5 Å². The second kappa shape index (κ2) is 10.8. The van der Waals surface area contributed by atoms with Gasteiger partial charge in [0.25, 0.3) is 0 Å². The molecule has 2 aromatic carbocycles. The van der Waals surface area contributed by atoms with Crippen LogP contribution in [-0.4, -0.2) is 43.0 Å². The fraction of sp³-hybridized carbons (Fsp3) is 0.500. The third-order valence-corrected chi connectivity index (χ3v) is 6.56. The van der Waals surface area contributed by atoms with Crippen molar-refractivity contribution < 1.29 is 4.79 Å². The van der Waals surface area contributed by atoms with Crippen LogP contribution in [0.25, 0.3) is 0 Å². The Labute approximate surface area is 186 Å². The smallest absolute Gasteiger partial charge is 0.241 e. The molecule has 0 aliphatic carbocycles. The van der Waals surface area contributed by atoms with E-state index in [1.165, 1.54) is 62.0 Å². The molecule has 0 radical (unpaired) electrons. The summed E-state index contributed by atoms with van der Waals surface area (Å²) in [5, 5.41) is 6.46. The zero-order valence-corrected chi connectivity index (χ0v) is 18.8. The summed E-state index contributed by atoms with van der Waals surface area (Å²) in [5.41, 5.74) is 4.74. The Kier molecular flexibility index (Phi) is 7.60. The molecule has 166 valence electrons. The lowest BCUT2D eigenvalue weighted by Crippen LogP contribution is -2.38. The minimum absolute atomic E-state index is 0.00254. The molecule has 5 heteroatoms. The number of nitrogens with zero attached hydrogens (tertiary/aromatic N) is 2. The van der Waals surface area contributed by atoms with Gasteiger partial charge in [0, 0.05) is 37.6 Å². The molecule has 31 heavy (non-hydrogen) atoms. The van der Waals surface area contributed by atoms with E-state index in [0.29, 0.717) is 6.54 Å². The van der Waals surface area contributed by atoms with Gasteiger partial charge in [-0.15, -0.1) is 0 Å². The monoisotopic (exact) mass is 420 g/mol. The van der Waals surface area contributed by atoms with Crippen LogP contribution < -0.4 is 15.5 Å². The van der Waals surface area contributed by atoms with Crippen LogP contribution in [0.3, 0.4) is 0 Å². The molecule has 1 amide bonds. The van der Waals surface area contributed by atoms with E-state index in [1.807, 2.05) is 19.1 Å². The van der Waals surface area contributed by atoms with Crippen LogP contribution in [0.15, 0.2) is 48.5 Å². The minimum Gasteiger partial charge on any atom is -0.372 e. The highest BCUT2D eigenvalue weighted by atomic mass is 16.2. The maximum Gasteiger partial charge on any atom is 0.241 e. The molecule has 0 spiro atoms. The van der Waals surface area contributed by atoms with Crippen molar-refractivity contribution in [2.24, 2.45) is 0 Å². The molecule has 0 bridgehead atoms. The number of hydrogen-bond donors (Lipinski definition) is 2. The fourth-order valence-electron chi connectivity index (χ4n) is 4.58. The van der Waals surface area contributed by atoms with Gasteiger partial charge in [0.1, 0.15) is 0 Å². The summed E-state index contributed by atoms with van der Waals surface area (Å²) in [6, 6.07) is 16.6. The number of rotatable bonds is 8. The normalized spacial score (nSPS) is 18.2. The highest BCUT2D eigenvalue weighted by molar-refractivity contribution is 5.94.